The van der Waals surface area contributed by atoms with Crippen LogP contribution in [0.4, 0.5) is 5.82 Å². The van der Waals surface area contributed by atoms with Crippen molar-refractivity contribution in [3.8, 4) is 0 Å². The van der Waals surface area contributed by atoms with Crippen molar-refractivity contribution in [2.24, 2.45) is 5.92 Å². The molecule has 1 aliphatic rings. The van der Waals surface area contributed by atoms with Gasteiger partial charge in [-0.05, 0) is 37.8 Å². The summed E-state index contributed by atoms with van der Waals surface area (Å²) in [5, 5.41) is 0. The van der Waals surface area contributed by atoms with Crippen molar-refractivity contribution >= 4 is 11.6 Å². The first-order chi connectivity index (χ1) is 7.66. The highest BCUT2D eigenvalue weighted by Gasteiger charge is 2.17. The fraction of sp³-hybridized carbons (Fsp3) is 0.538. The molecule has 0 N–H and O–H groups in total. The fourth-order valence-corrected chi connectivity index (χ4v) is 2.18. The number of nitrogens with zero attached hydrogens (tertiary/aromatic N) is 2. The van der Waals surface area contributed by atoms with Crippen molar-refractivity contribution < 1.29 is 4.79 Å². The van der Waals surface area contributed by atoms with Gasteiger partial charge in [0, 0.05) is 24.8 Å². The van der Waals surface area contributed by atoms with Gasteiger partial charge < -0.3 is 4.90 Å². The summed E-state index contributed by atoms with van der Waals surface area (Å²) in [7, 11) is 0. The van der Waals surface area contributed by atoms with E-state index in [1.165, 1.54) is 12.8 Å². The molecule has 1 atom stereocenters. The lowest BCUT2D eigenvalue weighted by molar-refractivity contribution is 0.101. The predicted molar refractivity (Wildman–Crippen MR) is 64.9 cm³/mol. The maximum absolute atomic E-state index is 11.1. The van der Waals surface area contributed by atoms with E-state index < -0.39 is 0 Å². The van der Waals surface area contributed by atoms with Gasteiger partial charge in [0.25, 0.3) is 0 Å². The van der Waals surface area contributed by atoms with Gasteiger partial charge in [-0.25, -0.2) is 4.98 Å². The number of rotatable bonds is 2. The van der Waals surface area contributed by atoms with Crippen molar-refractivity contribution in [1.29, 1.82) is 0 Å². The summed E-state index contributed by atoms with van der Waals surface area (Å²) in [5.41, 5.74) is 0.689. The quantitative estimate of drug-likeness (QED) is 0.715. The fourth-order valence-electron chi connectivity index (χ4n) is 2.18. The lowest BCUT2D eigenvalue weighted by atomic mass is 10.0. The first-order valence-electron chi connectivity index (χ1n) is 5.89. The highest BCUT2D eigenvalue weighted by molar-refractivity contribution is 5.93. The number of carbonyl (C=O) groups excluding carboxylic acids is 1. The summed E-state index contributed by atoms with van der Waals surface area (Å²) in [6.45, 7) is 6.00. The molecule has 1 unspecified atom stereocenters. The van der Waals surface area contributed by atoms with E-state index in [0.29, 0.717) is 5.56 Å². The number of anilines is 1. The third-order valence-electron chi connectivity index (χ3n) is 3.14. The van der Waals surface area contributed by atoms with Crippen LogP contribution in [0.1, 0.15) is 37.0 Å². The average molecular weight is 218 g/mol. The minimum atomic E-state index is 0.0751. The van der Waals surface area contributed by atoms with Gasteiger partial charge in [-0.1, -0.05) is 6.92 Å². The van der Waals surface area contributed by atoms with Gasteiger partial charge in [0.15, 0.2) is 5.78 Å². The highest BCUT2D eigenvalue weighted by Crippen LogP contribution is 2.21. The Bertz CT molecular complexity index is 372. The van der Waals surface area contributed by atoms with Crippen molar-refractivity contribution in [3.05, 3.63) is 23.9 Å². The number of carbonyl (C=O) groups is 1. The van der Waals surface area contributed by atoms with Crippen LogP contribution >= 0.6 is 0 Å². The first-order valence-corrected chi connectivity index (χ1v) is 5.89. The molecule has 1 aromatic heterocycles. The summed E-state index contributed by atoms with van der Waals surface area (Å²) in [5.74, 6) is 1.81. The van der Waals surface area contributed by atoms with Gasteiger partial charge in [0.05, 0.1) is 0 Å². The van der Waals surface area contributed by atoms with Crippen LogP contribution in [0, 0.1) is 5.92 Å². The van der Waals surface area contributed by atoms with E-state index in [4.69, 9.17) is 0 Å². The number of aromatic nitrogens is 1. The number of hydrogen-bond acceptors (Lipinski definition) is 3. The largest absolute Gasteiger partial charge is 0.356 e. The molecule has 0 saturated carbocycles. The normalized spacial score (nSPS) is 20.9. The van der Waals surface area contributed by atoms with Crippen LogP contribution in [0.25, 0.3) is 0 Å². The average Bonchev–Trinajstić information content (AvgIpc) is 2.29. The molecule has 16 heavy (non-hydrogen) atoms. The molecule has 1 aromatic rings. The second-order valence-electron chi connectivity index (χ2n) is 4.65. The number of pyridine rings is 1. The Morgan fingerprint density at radius 2 is 2.31 bits per heavy atom. The Morgan fingerprint density at radius 3 is 2.88 bits per heavy atom. The first kappa shape index (κ1) is 11.1. The van der Waals surface area contributed by atoms with Crippen LogP contribution < -0.4 is 4.90 Å². The summed E-state index contributed by atoms with van der Waals surface area (Å²) >= 11 is 0. The molecule has 2 rings (SSSR count). The third-order valence-corrected chi connectivity index (χ3v) is 3.14. The molecule has 0 bridgehead atoms. The maximum Gasteiger partial charge on any atom is 0.161 e. The van der Waals surface area contributed by atoms with Gasteiger partial charge in [0.2, 0.25) is 0 Å². The lowest BCUT2D eigenvalue weighted by Gasteiger charge is -2.31. The second-order valence-corrected chi connectivity index (χ2v) is 4.65. The molecule has 86 valence electrons. The monoisotopic (exact) mass is 218 g/mol. The van der Waals surface area contributed by atoms with Gasteiger partial charge in [-0.2, -0.15) is 0 Å². The van der Waals surface area contributed by atoms with Crippen LogP contribution in [-0.4, -0.2) is 23.9 Å². The summed E-state index contributed by atoms with van der Waals surface area (Å²) in [4.78, 5) is 17.8. The number of ketones is 1. The Morgan fingerprint density at radius 1 is 1.50 bits per heavy atom. The van der Waals surface area contributed by atoms with Gasteiger partial charge in [-0.15, -0.1) is 0 Å². The Balaban J connectivity index is 2.11. The van der Waals surface area contributed by atoms with Crippen molar-refractivity contribution in [2.45, 2.75) is 26.7 Å². The van der Waals surface area contributed by atoms with E-state index in [1.807, 2.05) is 12.1 Å². The van der Waals surface area contributed by atoms with E-state index in [0.717, 1.165) is 24.8 Å². The minimum Gasteiger partial charge on any atom is -0.356 e. The second kappa shape index (κ2) is 4.64. The highest BCUT2D eigenvalue weighted by atomic mass is 16.1. The van der Waals surface area contributed by atoms with E-state index in [1.54, 1.807) is 13.1 Å². The lowest BCUT2D eigenvalue weighted by Crippen LogP contribution is -2.34. The summed E-state index contributed by atoms with van der Waals surface area (Å²) in [6.07, 6.45) is 4.22. The molecule has 1 fully saturated rings. The van der Waals surface area contributed by atoms with E-state index in [-0.39, 0.29) is 5.78 Å². The molecule has 0 aromatic carbocycles. The topological polar surface area (TPSA) is 33.2 Å². The molecule has 0 amide bonds. The molecule has 1 aliphatic heterocycles. The zero-order valence-corrected chi connectivity index (χ0v) is 9.94. The van der Waals surface area contributed by atoms with E-state index in [9.17, 15) is 4.79 Å². The molecule has 3 heteroatoms. The standard InChI is InChI=1S/C13H18N2O/c1-10-4-3-7-15(9-10)13-6-5-12(8-14-13)11(2)16/h5-6,8,10H,3-4,7,9H2,1-2H3. The Labute approximate surface area is 96.5 Å². The number of hydrogen-bond donors (Lipinski definition) is 0. The summed E-state index contributed by atoms with van der Waals surface area (Å²) in [6, 6.07) is 3.82. The zero-order chi connectivity index (χ0) is 11.5. The summed E-state index contributed by atoms with van der Waals surface area (Å²) < 4.78 is 0. The van der Waals surface area contributed by atoms with Gasteiger partial charge >= 0.3 is 0 Å². The van der Waals surface area contributed by atoms with Gasteiger partial charge in [0.1, 0.15) is 5.82 Å². The van der Waals surface area contributed by atoms with Crippen LogP contribution in [0.5, 0.6) is 0 Å². The maximum atomic E-state index is 11.1. The number of piperidine rings is 1. The molecular weight excluding hydrogens is 200 g/mol. The van der Waals surface area contributed by atoms with E-state index in [2.05, 4.69) is 16.8 Å². The number of Topliss-reactive ketones (excluding diaryl/α,β-unsaturated/α-hetero) is 1. The minimum absolute atomic E-state index is 0.0751. The molecule has 2 heterocycles. The molecule has 0 aliphatic carbocycles. The van der Waals surface area contributed by atoms with E-state index >= 15 is 0 Å². The van der Waals surface area contributed by atoms with Crippen LogP contribution in [0.3, 0.4) is 0 Å². The van der Waals surface area contributed by atoms with Crippen LogP contribution in [-0.2, 0) is 0 Å². The molecule has 0 radical (unpaired) electrons. The molecular formula is C13H18N2O. The van der Waals surface area contributed by atoms with Crippen LogP contribution in [0.15, 0.2) is 18.3 Å². The smallest absolute Gasteiger partial charge is 0.161 e. The Kier molecular flexibility index (Phi) is 3.22. The Hall–Kier alpha value is -1.38. The molecule has 3 nitrogen and oxygen atoms in total. The van der Waals surface area contributed by atoms with Crippen molar-refractivity contribution in [3.63, 3.8) is 0 Å². The zero-order valence-electron chi connectivity index (χ0n) is 9.94. The molecule has 1 saturated heterocycles. The van der Waals surface area contributed by atoms with Crippen LogP contribution in [0.2, 0.25) is 0 Å². The van der Waals surface area contributed by atoms with Crippen molar-refractivity contribution in [2.75, 3.05) is 18.0 Å². The third kappa shape index (κ3) is 2.40. The predicted octanol–water partition coefficient (Wildman–Crippen LogP) is 2.52. The SMILES string of the molecule is CC(=O)c1ccc(N2CCCC(C)C2)nc1. The molecule has 0 spiro atoms. The van der Waals surface area contributed by atoms with Crippen molar-refractivity contribution in [1.82, 2.24) is 4.98 Å². The van der Waals surface area contributed by atoms with Gasteiger partial charge in [-0.3, -0.25) is 4.79 Å².